The van der Waals surface area contributed by atoms with E-state index in [4.69, 9.17) is 10.5 Å². The fourth-order valence-electron chi connectivity index (χ4n) is 2.07. The van der Waals surface area contributed by atoms with Crippen LogP contribution >= 0.6 is 15.9 Å². The average Bonchev–Trinajstić information content (AvgIpc) is 2.69. The zero-order chi connectivity index (χ0) is 10.7. The summed E-state index contributed by atoms with van der Waals surface area (Å²) in [7, 11) is 0. The first kappa shape index (κ1) is 11.0. The molecule has 1 aliphatic carbocycles. The van der Waals surface area contributed by atoms with Crippen molar-refractivity contribution in [2.45, 2.75) is 25.4 Å². The standard InChI is InChI=1S/C12H16BrNO/c13-11-3-1-2-4-12(11)15-10-6-5-9(7-10)8-14/h1-4,9-10H,5-8,14H2. The predicted octanol–water partition coefficient (Wildman–Crippen LogP) is 2.96. The molecule has 15 heavy (non-hydrogen) atoms. The van der Waals surface area contributed by atoms with Crippen molar-refractivity contribution in [3.8, 4) is 5.75 Å². The molecule has 1 fully saturated rings. The fourth-order valence-corrected chi connectivity index (χ4v) is 2.45. The van der Waals surface area contributed by atoms with Crippen LogP contribution in [0.15, 0.2) is 28.7 Å². The van der Waals surface area contributed by atoms with Gasteiger partial charge in [-0.05, 0) is 59.8 Å². The molecule has 0 radical (unpaired) electrons. The summed E-state index contributed by atoms with van der Waals surface area (Å²) in [6.45, 7) is 0.788. The van der Waals surface area contributed by atoms with Gasteiger partial charge in [0.15, 0.2) is 0 Å². The molecule has 2 nitrogen and oxygen atoms in total. The maximum Gasteiger partial charge on any atom is 0.133 e. The number of benzene rings is 1. The molecule has 0 bridgehead atoms. The average molecular weight is 270 g/mol. The van der Waals surface area contributed by atoms with E-state index in [1.807, 2.05) is 24.3 Å². The van der Waals surface area contributed by atoms with E-state index >= 15 is 0 Å². The Kier molecular flexibility index (Phi) is 3.65. The molecule has 3 heteroatoms. The molecular formula is C12H16BrNO. The van der Waals surface area contributed by atoms with Crippen molar-refractivity contribution in [2.24, 2.45) is 11.7 Å². The molecule has 2 unspecified atom stereocenters. The second-order valence-electron chi connectivity index (χ2n) is 4.09. The zero-order valence-corrected chi connectivity index (χ0v) is 10.2. The normalized spacial score (nSPS) is 25.5. The van der Waals surface area contributed by atoms with Gasteiger partial charge in [-0.3, -0.25) is 0 Å². The maximum atomic E-state index is 5.94. The van der Waals surface area contributed by atoms with Crippen molar-refractivity contribution in [1.82, 2.24) is 0 Å². The number of nitrogens with two attached hydrogens (primary N) is 1. The molecule has 0 aromatic heterocycles. The van der Waals surface area contributed by atoms with Gasteiger partial charge in [0.05, 0.1) is 10.6 Å². The van der Waals surface area contributed by atoms with Crippen LogP contribution in [0.25, 0.3) is 0 Å². The van der Waals surface area contributed by atoms with Gasteiger partial charge in [-0.1, -0.05) is 12.1 Å². The molecule has 1 aromatic rings. The summed E-state index contributed by atoms with van der Waals surface area (Å²) in [5.74, 6) is 1.60. The topological polar surface area (TPSA) is 35.2 Å². The Morgan fingerprint density at radius 3 is 2.80 bits per heavy atom. The molecule has 0 heterocycles. The molecule has 0 spiro atoms. The molecular weight excluding hydrogens is 254 g/mol. The molecule has 2 atom stereocenters. The van der Waals surface area contributed by atoms with Crippen molar-refractivity contribution in [1.29, 1.82) is 0 Å². The summed E-state index contributed by atoms with van der Waals surface area (Å²) in [6, 6.07) is 7.99. The molecule has 82 valence electrons. The largest absolute Gasteiger partial charge is 0.489 e. The summed E-state index contributed by atoms with van der Waals surface area (Å²) < 4.78 is 6.96. The predicted molar refractivity (Wildman–Crippen MR) is 65.0 cm³/mol. The molecule has 1 aliphatic rings. The van der Waals surface area contributed by atoms with Crippen LogP contribution in [0.5, 0.6) is 5.75 Å². The van der Waals surface area contributed by atoms with Crippen molar-refractivity contribution in [3.63, 3.8) is 0 Å². The fraction of sp³-hybridized carbons (Fsp3) is 0.500. The minimum atomic E-state index is 0.345. The maximum absolute atomic E-state index is 5.94. The van der Waals surface area contributed by atoms with Gasteiger partial charge in [0.25, 0.3) is 0 Å². The number of ether oxygens (including phenoxy) is 1. The minimum absolute atomic E-state index is 0.345. The summed E-state index contributed by atoms with van der Waals surface area (Å²) in [4.78, 5) is 0. The van der Waals surface area contributed by atoms with Crippen LogP contribution in [0, 0.1) is 5.92 Å². The number of hydrogen-bond acceptors (Lipinski definition) is 2. The first-order chi connectivity index (χ1) is 7.29. The van der Waals surface area contributed by atoms with Crippen molar-refractivity contribution >= 4 is 15.9 Å². The third-order valence-electron chi connectivity index (χ3n) is 2.96. The Bertz CT molecular complexity index is 329. The summed E-state index contributed by atoms with van der Waals surface area (Å²) in [5, 5.41) is 0. The molecule has 0 amide bonds. The van der Waals surface area contributed by atoms with Crippen LogP contribution in [-0.2, 0) is 0 Å². The summed E-state index contributed by atoms with van der Waals surface area (Å²) in [5.41, 5.74) is 5.65. The molecule has 0 saturated heterocycles. The van der Waals surface area contributed by atoms with E-state index in [0.29, 0.717) is 12.0 Å². The van der Waals surface area contributed by atoms with E-state index in [1.54, 1.807) is 0 Å². The van der Waals surface area contributed by atoms with Gasteiger partial charge in [-0.25, -0.2) is 0 Å². The van der Waals surface area contributed by atoms with Gasteiger partial charge in [0, 0.05) is 0 Å². The Morgan fingerprint density at radius 1 is 1.33 bits per heavy atom. The zero-order valence-electron chi connectivity index (χ0n) is 8.66. The van der Waals surface area contributed by atoms with E-state index in [-0.39, 0.29) is 0 Å². The van der Waals surface area contributed by atoms with Crippen LogP contribution in [0.1, 0.15) is 19.3 Å². The number of rotatable bonds is 3. The molecule has 1 aromatic carbocycles. The highest BCUT2D eigenvalue weighted by Crippen LogP contribution is 2.31. The van der Waals surface area contributed by atoms with Crippen molar-refractivity contribution in [3.05, 3.63) is 28.7 Å². The van der Waals surface area contributed by atoms with E-state index < -0.39 is 0 Å². The lowest BCUT2D eigenvalue weighted by Crippen LogP contribution is -2.15. The SMILES string of the molecule is NCC1CCC(Oc2ccccc2Br)C1. The number of hydrogen-bond donors (Lipinski definition) is 1. The number of para-hydroxylation sites is 1. The molecule has 2 N–H and O–H groups in total. The van der Waals surface area contributed by atoms with Crippen LogP contribution in [-0.4, -0.2) is 12.6 Å². The second-order valence-corrected chi connectivity index (χ2v) is 4.94. The van der Waals surface area contributed by atoms with Crippen LogP contribution in [0.2, 0.25) is 0 Å². The van der Waals surface area contributed by atoms with Crippen LogP contribution < -0.4 is 10.5 Å². The van der Waals surface area contributed by atoms with Gasteiger partial charge in [0.1, 0.15) is 5.75 Å². The minimum Gasteiger partial charge on any atom is -0.489 e. The lowest BCUT2D eigenvalue weighted by atomic mass is 10.1. The Morgan fingerprint density at radius 2 is 2.13 bits per heavy atom. The quantitative estimate of drug-likeness (QED) is 0.916. The lowest BCUT2D eigenvalue weighted by Gasteiger charge is -2.14. The third-order valence-corrected chi connectivity index (χ3v) is 3.61. The van der Waals surface area contributed by atoms with E-state index in [1.165, 1.54) is 6.42 Å². The van der Waals surface area contributed by atoms with Crippen molar-refractivity contribution in [2.75, 3.05) is 6.54 Å². The highest BCUT2D eigenvalue weighted by Gasteiger charge is 2.25. The monoisotopic (exact) mass is 269 g/mol. The summed E-state index contributed by atoms with van der Waals surface area (Å²) >= 11 is 3.49. The third kappa shape index (κ3) is 2.73. The second kappa shape index (κ2) is 4.99. The van der Waals surface area contributed by atoms with Crippen LogP contribution in [0.3, 0.4) is 0 Å². The first-order valence-electron chi connectivity index (χ1n) is 5.41. The lowest BCUT2D eigenvalue weighted by molar-refractivity contribution is 0.203. The number of halogens is 1. The first-order valence-corrected chi connectivity index (χ1v) is 6.20. The van der Waals surface area contributed by atoms with E-state index in [2.05, 4.69) is 15.9 Å². The molecule has 1 saturated carbocycles. The van der Waals surface area contributed by atoms with Gasteiger partial charge in [-0.2, -0.15) is 0 Å². The smallest absolute Gasteiger partial charge is 0.133 e. The Labute approximate surface area is 98.9 Å². The highest BCUT2D eigenvalue weighted by molar-refractivity contribution is 9.10. The van der Waals surface area contributed by atoms with Crippen molar-refractivity contribution < 1.29 is 4.74 Å². The van der Waals surface area contributed by atoms with Gasteiger partial charge < -0.3 is 10.5 Å². The van der Waals surface area contributed by atoms with Crippen LogP contribution in [0.4, 0.5) is 0 Å². The van der Waals surface area contributed by atoms with Gasteiger partial charge in [0.2, 0.25) is 0 Å². The highest BCUT2D eigenvalue weighted by atomic mass is 79.9. The Hall–Kier alpha value is -0.540. The van der Waals surface area contributed by atoms with E-state index in [0.717, 1.165) is 29.6 Å². The summed E-state index contributed by atoms with van der Waals surface area (Å²) in [6.07, 6.45) is 3.77. The van der Waals surface area contributed by atoms with Gasteiger partial charge in [-0.15, -0.1) is 0 Å². The Balaban J connectivity index is 1.96. The van der Waals surface area contributed by atoms with Gasteiger partial charge >= 0.3 is 0 Å². The molecule has 0 aliphatic heterocycles. The molecule has 2 rings (SSSR count). The van der Waals surface area contributed by atoms with E-state index in [9.17, 15) is 0 Å².